The van der Waals surface area contributed by atoms with Crippen molar-refractivity contribution in [2.24, 2.45) is 0 Å². The summed E-state index contributed by atoms with van der Waals surface area (Å²) in [6, 6.07) is 11.3. The number of carbonyl (C=O) groups is 2. The number of benzene rings is 1. The second-order valence-corrected chi connectivity index (χ2v) is 8.38. The molecule has 2 aliphatic heterocycles. The zero-order chi connectivity index (χ0) is 22.7. The van der Waals surface area contributed by atoms with E-state index in [4.69, 9.17) is 4.74 Å². The summed E-state index contributed by atoms with van der Waals surface area (Å²) in [6.45, 7) is 4.66. The van der Waals surface area contributed by atoms with Crippen molar-refractivity contribution < 1.29 is 14.3 Å². The van der Waals surface area contributed by atoms with Gasteiger partial charge in [0.05, 0.1) is 18.7 Å². The third-order valence-electron chi connectivity index (χ3n) is 6.25. The maximum atomic E-state index is 13.6. The summed E-state index contributed by atoms with van der Waals surface area (Å²) in [7, 11) is 4.05. The first-order valence-electron chi connectivity index (χ1n) is 11.1. The van der Waals surface area contributed by atoms with Gasteiger partial charge >= 0.3 is 0 Å². The Morgan fingerprint density at radius 1 is 1.09 bits per heavy atom. The number of aromatic nitrogens is 1. The van der Waals surface area contributed by atoms with Crippen molar-refractivity contribution in [2.75, 3.05) is 33.8 Å². The second kappa shape index (κ2) is 9.53. The van der Waals surface area contributed by atoms with E-state index in [0.717, 1.165) is 42.8 Å². The molecule has 0 aliphatic carbocycles. The summed E-state index contributed by atoms with van der Waals surface area (Å²) in [5.41, 5.74) is 2.50. The van der Waals surface area contributed by atoms with Crippen molar-refractivity contribution in [1.29, 1.82) is 0 Å². The van der Waals surface area contributed by atoms with Crippen LogP contribution in [0.2, 0.25) is 0 Å². The normalized spacial score (nSPS) is 17.9. The third-order valence-corrected chi connectivity index (χ3v) is 6.25. The van der Waals surface area contributed by atoms with E-state index in [9.17, 15) is 9.59 Å². The minimum Gasteiger partial charge on any atom is -0.494 e. The Kier molecular flexibility index (Phi) is 6.55. The van der Waals surface area contributed by atoms with Crippen LogP contribution in [0.3, 0.4) is 0 Å². The zero-order valence-electron chi connectivity index (χ0n) is 19.0. The SMILES string of the molecule is CCOc1ccc(C2=C(N(C)C3CCN(C)CC3)C(=O)N(Cc3cccnc3)C2=O)cc1. The van der Waals surface area contributed by atoms with E-state index in [2.05, 4.69) is 16.9 Å². The Morgan fingerprint density at radius 2 is 1.81 bits per heavy atom. The number of likely N-dealkylation sites (tertiary alicyclic amines) is 1. The molecule has 0 saturated carbocycles. The molecule has 1 aromatic heterocycles. The number of likely N-dealkylation sites (N-methyl/N-ethyl adjacent to an activating group) is 1. The van der Waals surface area contributed by atoms with Crippen LogP contribution >= 0.6 is 0 Å². The number of carbonyl (C=O) groups excluding carboxylic acids is 2. The van der Waals surface area contributed by atoms with E-state index in [-0.39, 0.29) is 24.4 Å². The highest BCUT2D eigenvalue weighted by atomic mass is 16.5. The van der Waals surface area contributed by atoms with E-state index in [1.54, 1.807) is 12.4 Å². The number of piperidine rings is 1. The van der Waals surface area contributed by atoms with Crippen LogP contribution < -0.4 is 4.74 Å². The van der Waals surface area contributed by atoms with Crippen LogP contribution in [0.25, 0.3) is 5.57 Å². The van der Waals surface area contributed by atoms with Gasteiger partial charge in [0.25, 0.3) is 11.8 Å². The van der Waals surface area contributed by atoms with Crippen LogP contribution in [0.5, 0.6) is 5.75 Å². The van der Waals surface area contributed by atoms with Crippen molar-refractivity contribution in [1.82, 2.24) is 19.7 Å². The van der Waals surface area contributed by atoms with Crippen LogP contribution in [0.15, 0.2) is 54.5 Å². The lowest BCUT2D eigenvalue weighted by atomic mass is 10.00. The minimum atomic E-state index is -0.266. The Morgan fingerprint density at radius 3 is 2.44 bits per heavy atom. The van der Waals surface area contributed by atoms with Gasteiger partial charge in [0.15, 0.2) is 0 Å². The van der Waals surface area contributed by atoms with Gasteiger partial charge < -0.3 is 14.5 Å². The van der Waals surface area contributed by atoms with Gasteiger partial charge in [-0.15, -0.1) is 0 Å². The molecule has 0 N–H and O–H groups in total. The van der Waals surface area contributed by atoms with Gasteiger partial charge in [0, 0.05) is 25.5 Å². The second-order valence-electron chi connectivity index (χ2n) is 8.38. The molecule has 32 heavy (non-hydrogen) atoms. The predicted molar refractivity (Wildman–Crippen MR) is 123 cm³/mol. The molecule has 0 unspecified atom stereocenters. The van der Waals surface area contributed by atoms with Crippen LogP contribution in [-0.4, -0.2) is 71.3 Å². The fraction of sp³-hybridized carbons (Fsp3) is 0.400. The summed E-state index contributed by atoms with van der Waals surface area (Å²) in [5.74, 6) is 0.230. The maximum absolute atomic E-state index is 13.6. The lowest BCUT2D eigenvalue weighted by molar-refractivity contribution is -0.138. The molecular weight excluding hydrogens is 404 g/mol. The van der Waals surface area contributed by atoms with E-state index in [1.165, 1.54) is 4.90 Å². The van der Waals surface area contributed by atoms with Crippen molar-refractivity contribution in [3.63, 3.8) is 0 Å². The number of amides is 2. The van der Waals surface area contributed by atoms with Gasteiger partial charge in [-0.25, -0.2) is 0 Å². The van der Waals surface area contributed by atoms with E-state index >= 15 is 0 Å². The quantitative estimate of drug-likeness (QED) is 0.625. The fourth-order valence-corrected chi connectivity index (χ4v) is 4.42. The summed E-state index contributed by atoms with van der Waals surface area (Å²) < 4.78 is 5.55. The molecule has 1 aromatic carbocycles. The molecule has 0 bridgehead atoms. The summed E-state index contributed by atoms with van der Waals surface area (Å²) >= 11 is 0. The highest BCUT2D eigenvalue weighted by molar-refractivity contribution is 6.35. The zero-order valence-corrected chi connectivity index (χ0v) is 19.0. The van der Waals surface area contributed by atoms with Gasteiger partial charge in [-0.3, -0.25) is 19.5 Å². The average Bonchev–Trinajstić information content (AvgIpc) is 3.05. The largest absolute Gasteiger partial charge is 0.494 e. The molecule has 7 heteroatoms. The van der Waals surface area contributed by atoms with E-state index in [1.807, 2.05) is 55.3 Å². The molecule has 0 spiro atoms. The van der Waals surface area contributed by atoms with Crippen molar-refractivity contribution >= 4 is 17.4 Å². The van der Waals surface area contributed by atoms with Gasteiger partial charge in [0.1, 0.15) is 11.4 Å². The number of rotatable bonds is 7. The number of pyridine rings is 1. The fourth-order valence-electron chi connectivity index (χ4n) is 4.42. The van der Waals surface area contributed by atoms with Crippen molar-refractivity contribution in [3.05, 3.63) is 65.6 Å². The number of imide groups is 1. The number of hydrogen-bond donors (Lipinski definition) is 0. The van der Waals surface area contributed by atoms with Gasteiger partial charge in [-0.05, 0) is 69.2 Å². The van der Waals surface area contributed by atoms with Crippen molar-refractivity contribution in [2.45, 2.75) is 32.4 Å². The monoisotopic (exact) mass is 434 g/mol. The average molecular weight is 435 g/mol. The number of hydrogen-bond acceptors (Lipinski definition) is 6. The summed E-state index contributed by atoms with van der Waals surface area (Å²) in [4.78, 5) is 36.9. The topological polar surface area (TPSA) is 66.0 Å². The molecule has 2 aromatic rings. The van der Waals surface area contributed by atoms with Crippen LogP contribution in [0, 0.1) is 0 Å². The molecule has 3 heterocycles. The molecule has 4 rings (SSSR count). The third kappa shape index (κ3) is 4.39. The molecule has 168 valence electrons. The van der Waals surface area contributed by atoms with E-state index in [0.29, 0.717) is 17.9 Å². The van der Waals surface area contributed by atoms with Gasteiger partial charge in [-0.1, -0.05) is 18.2 Å². The molecule has 2 amide bonds. The lowest BCUT2D eigenvalue weighted by Gasteiger charge is -2.36. The van der Waals surface area contributed by atoms with Gasteiger partial charge in [-0.2, -0.15) is 0 Å². The molecule has 0 radical (unpaired) electrons. The first kappa shape index (κ1) is 22.0. The van der Waals surface area contributed by atoms with Crippen LogP contribution in [0.4, 0.5) is 0 Å². The smallest absolute Gasteiger partial charge is 0.278 e. The lowest BCUT2D eigenvalue weighted by Crippen LogP contribution is -2.43. The predicted octanol–water partition coefficient (Wildman–Crippen LogP) is 2.79. The highest BCUT2D eigenvalue weighted by Gasteiger charge is 2.42. The Hall–Kier alpha value is -3.19. The van der Waals surface area contributed by atoms with Crippen LogP contribution in [-0.2, 0) is 16.1 Å². The highest BCUT2D eigenvalue weighted by Crippen LogP contribution is 2.35. The Labute approximate surface area is 189 Å². The van der Waals surface area contributed by atoms with E-state index < -0.39 is 0 Å². The molecule has 1 saturated heterocycles. The molecule has 1 fully saturated rings. The van der Waals surface area contributed by atoms with Gasteiger partial charge in [0.2, 0.25) is 0 Å². The molecule has 2 aliphatic rings. The number of nitrogens with zero attached hydrogens (tertiary/aromatic N) is 4. The molecule has 0 atom stereocenters. The first-order valence-corrected chi connectivity index (χ1v) is 11.1. The summed E-state index contributed by atoms with van der Waals surface area (Å²) in [6.07, 6.45) is 5.28. The maximum Gasteiger partial charge on any atom is 0.278 e. The molecular formula is C25H30N4O3. The summed E-state index contributed by atoms with van der Waals surface area (Å²) in [5, 5.41) is 0. The molecule has 7 nitrogen and oxygen atoms in total. The first-order chi connectivity index (χ1) is 15.5. The Bertz CT molecular complexity index is 996. The van der Waals surface area contributed by atoms with Crippen molar-refractivity contribution in [3.8, 4) is 5.75 Å². The minimum absolute atomic E-state index is 0.205. The number of ether oxygens (including phenoxy) is 1. The standard InChI is InChI=1S/C25H30N4O3/c1-4-32-21-9-7-19(8-10-21)22-23(28(3)20-11-14-27(2)15-12-20)25(31)29(24(22)30)17-18-6-5-13-26-16-18/h5-10,13,16,20H,4,11-12,14-15,17H2,1-3H3. The Balaban J connectivity index is 1.70. The van der Waals surface area contributed by atoms with Crippen LogP contribution in [0.1, 0.15) is 30.9 Å².